The number of nitrogens with zero attached hydrogens (tertiary/aromatic N) is 2. The molecule has 4 atom stereocenters. The molecule has 40 heavy (non-hydrogen) atoms. The first kappa shape index (κ1) is 31.1. The molecule has 10 heteroatoms. The van der Waals surface area contributed by atoms with Gasteiger partial charge in [-0.05, 0) is 82.1 Å². The standard InChI is InChI=1S/C30H45N5O5/c1-9-20-12-13-21-14-15-24(22(21)17-20)34(8)28(38)23-11-10-16-35(33-23)27(37)19(4)31-26(36)25(18(2)3)32-29(39)40-30(5,6)7/h9,12-13,17-19,23-25,33H,1,10-11,14-16H2,2-8H3,(H,31,36)(H,32,39)/t19-,23?,24+,25?/m0/s1. The van der Waals surface area contributed by atoms with E-state index in [2.05, 4.69) is 34.8 Å². The molecule has 1 saturated heterocycles. The number of hydrazine groups is 1. The zero-order valence-corrected chi connectivity index (χ0v) is 24.9. The van der Waals surface area contributed by atoms with E-state index in [1.165, 1.54) is 10.6 Å². The Labute approximate surface area is 237 Å². The molecule has 0 bridgehead atoms. The van der Waals surface area contributed by atoms with E-state index in [9.17, 15) is 19.2 Å². The van der Waals surface area contributed by atoms with Gasteiger partial charge in [0.05, 0.1) is 6.04 Å². The quantitative estimate of drug-likeness (QED) is 0.453. The fraction of sp³-hybridized carbons (Fsp3) is 0.600. The van der Waals surface area contributed by atoms with Crippen molar-refractivity contribution in [2.75, 3.05) is 13.6 Å². The first-order chi connectivity index (χ1) is 18.7. The summed E-state index contributed by atoms with van der Waals surface area (Å²) in [4.78, 5) is 53.8. The second kappa shape index (κ2) is 12.8. The lowest BCUT2D eigenvalue weighted by molar-refractivity contribution is -0.146. The van der Waals surface area contributed by atoms with Gasteiger partial charge in [-0.3, -0.25) is 19.4 Å². The Morgan fingerprint density at radius 1 is 1.15 bits per heavy atom. The molecule has 220 valence electrons. The number of rotatable bonds is 8. The topological polar surface area (TPSA) is 120 Å². The third kappa shape index (κ3) is 7.62. The van der Waals surface area contributed by atoms with Crippen LogP contribution >= 0.6 is 0 Å². The van der Waals surface area contributed by atoms with Crippen LogP contribution in [0.5, 0.6) is 0 Å². The first-order valence-electron chi connectivity index (χ1n) is 14.1. The molecule has 1 aromatic rings. The number of benzene rings is 1. The van der Waals surface area contributed by atoms with Gasteiger partial charge in [-0.15, -0.1) is 0 Å². The van der Waals surface area contributed by atoms with Gasteiger partial charge >= 0.3 is 6.09 Å². The number of fused-ring (bicyclic) bond motifs is 1. The van der Waals surface area contributed by atoms with E-state index >= 15 is 0 Å². The van der Waals surface area contributed by atoms with Crippen LogP contribution in [0.25, 0.3) is 6.08 Å². The zero-order chi connectivity index (χ0) is 29.8. The van der Waals surface area contributed by atoms with E-state index in [0.717, 1.165) is 24.0 Å². The fourth-order valence-electron chi connectivity index (χ4n) is 5.22. The molecule has 3 rings (SSSR count). The summed E-state index contributed by atoms with van der Waals surface area (Å²) in [6.45, 7) is 14.7. The number of likely N-dealkylation sites (N-methyl/N-ethyl adjacent to an activating group) is 1. The van der Waals surface area contributed by atoms with Crippen LogP contribution in [0, 0.1) is 5.92 Å². The van der Waals surface area contributed by atoms with Gasteiger partial charge in [0.1, 0.15) is 23.7 Å². The highest BCUT2D eigenvalue weighted by Crippen LogP contribution is 2.36. The number of nitrogens with one attached hydrogen (secondary N) is 3. The van der Waals surface area contributed by atoms with Crippen LogP contribution in [0.4, 0.5) is 4.79 Å². The number of amides is 4. The van der Waals surface area contributed by atoms with Gasteiger partial charge < -0.3 is 20.3 Å². The Hall–Kier alpha value is -3.40. The van der Waals surface area contributed by atoms with Crippen molar-refractivity contribution >= 4 is 29.9 Å². The van der Waals surface area contributed by atoms with Crippen molar-refractivity contribution in [2.24, 2.45) is 5.92 Å². The van der Waals surface area contributed by atoms with Crippen LogP contribution in [-0.2, 0) is 25.5 Å². The van der Waals surface area contributed by atoms with Crippen molar-refractivity contribution in [2.45, 2.75) is 97.0 Å². The molecule has 1 aliphatic carbocycles. The Balaban J connectivity index is 1.61. The molecule has 2 aliphatic rings. The van der Waals surface area contributed by atoms with Crippen LogP contribution in [0.15, 0.2) is 24.8 Å². The largest absolute Gasteiger partial charge is 0.444 e. The molecule has 1 heterocycles. The van der Waals surface area contributed by atoms with Gasteiger partial charge in [0, 0.05) is 13.6 Å². The summed E-state index contributed by atoms with van der Waals surface area (Å²) in [5, 5.41) is 6.74. The summed E-state index contributed by atoms with van der Waals surface area (Å²) in [6, 6.07) is 3.92. The van der Waals surface area contributed by atoms with Crippen LogP contribution in [0.1, 0.15) is 83.5 Å². The number of carbonyl (C=O) groups is 4. The normalized spacial score (nSPS) is 20.2. The smallest absolute Gasteiger partial charge is 0.408 e. The molecule has 2 unspecified atom stereocenters. The van der Waals surface area contributed by atoms with Gasteiger partial charge in [0.15, 0.2) is 0 Å². The Morgan fingerprint density at radius 2 is 1.85 bits per heavy atom. The van der Waals surface area contributed by atoms with E-state index in [-0.39, 0.29) is 23.8 Å². The van der Waals surface area contributed by atoms with Crippen LogP contribution in [0.3, 0.4) is 0 Å². The van der Waals surface area contributed by atoms with E-state index in [0.29, 0.717) is 19.4 Å². The maximum Gasteiger partial charge on any atom is 0.408 e. The SMILES string of the molecule is C=Cc1ccc2c(c1)[C@H](N(C)C(=O)C1CCCN(C(=O)[C@H](C)NC(=O)C(NC(=O)OC(C)(C)C)C(C)C)N1)CC2. The number of hydrogen-bond acceptors (Lipinski definition) is 6. The third-order valence-electron chi connectivity index (χ3n) is 7.37. The van der Waals surface area contributed by atoms with Crippen molar-refractivity contribution in [1.29, 1.82) is 0 Å². The van der Waals surface area contributed by atoms with Gasteiger partial charge in [0.2, 0.25) is 11.8 Å². The van der Waals surface area contributed by atoms with E-state index in [1.54, 1.807) is 52.5 Å². The molecule has 10 nitrogen and oxygen atoms in total. The summed E-state index contributed by atoms with van der Waals surface area (Å²) in [7, 11) is 1.82. The van der Waals surface area contributed by atoms with Crippen LogP contribution in [0.2, 0.25) is 0 Å². The minimum absolute atomic E-state index is 0.0288. The number of alkyl carbamates (subject to hydrolysis) is 1. The lowest BCUT2D eigenvalue weighted by Gasteiger charge is -2.37. The number of aryl methyl sites for hydroxylation is 1. The maximum atomic E-state index is 13.5. The monoisotopic (exact) mass is 555 g/mol. The lowest BCUT2D eigenvalue weighted by Crippen LogP contribution is -2.62. The molecule has 4 amide bonds. The first-order valence-corrected chi connectivity index (χ1v) is 14.1. The molecule has 3 N–H and O–H groups in total. The van der Waals surface area contributed by atoms with Crippen molar-refractivity contribution in [3.63, 3.8) is 0 Å². The molecule has 1 fully saturated rings. The predicted octanol–water partition coefficient (Wildman–Crippen LogP) is 3.32. The molecule has 0 aromatic heterocycles. The van der Waals surface area contributed by atoms with Crippen molar-refractivity contribution in [3.05, 3.63) is 41.5 Å². The number of ether oxygens (including phenoxy) is 1. The second-order valence-electron chi connectivity index (χ2n) is 12.1. The zero-order valence-electron chi connectivity index (χ0n) is 24.9. The summed E-state index contributed by atoms with van der Waals surface area (Å²) in [6.07, 6.45) is 4.13. The lowest BCUT2D eigenvalue weighted by atomic mass is 10.0. The number of hydrogen-bond donors (Lipinski definition) is 3. The average Bonchev–Trinajstić information content (AvgIpc) is 3.32. The van der Waals surface area contributed by atoms with Crippen molar-refractivity contribution in [3.8, 4) is 0 Å². The molecular weight excluding hydrogens is 510 g/mol. The Morgan fingerprint density at radius 3 is 2.48 bits per heavy atom. The Bertz CT molecular complexity index is 1130. The average molecular weight is 556 g/mol. The van der Waals surface area contributed by atoms with E-state index < -0.39 is 35.7 Å². The predicted molar refractivity (Wildman–Crippen MR) is 154 cm³/mol. The molecule has 0 spiro atoms. The highest BCUT2D eigenvalue weighted by Gasteiger charge is 2.36. The highest BCUT2D eigenvalue weighted by molar-refractivity contribution is 5.91. The summed E-state index contributed by atoms with van der Waals surface area (Å²) in [5.74, 6) is -1.14. The molecule has 1 aliphatic heterocycles. The maximum absolute atomic E-state index is 13.5. The Kier molecular flexibility index (Phi) is 10.00. The summed E-state index contributed by atoms with van der Waals surface area (Å²) < 4.78 is 5.28. The van der Waals surface area contributed by atoms with Crippen LogP contribution in [-0.4, -0.2) is 71.0 Å². The van der Waals surface area contributed by atoms with E-state index in [1.807, 2.05) is 13.1 Å². The van der Waals surface area contributed by atoms with Crippen molar-refractivity contribution < 1.29 is 23.9 Å². The van der Waals surface area contributed by atoms with Crippen molar-refractivity contribution in [1.82, 2.24) is 26.0 Å². The molecule has 0 saturated carbocycles. The third-order valence-corrected chi connectivity index (χ3v) is 7.37. The van der Waals surface area contributed by atoms with Gasteiger partial charge in [-0.25, -0.2) is 10.2 Å². The summed E-state index contributed by atoms with van der Waals surface area (Å²) >= 11 is 0. The van der Waals surface area contributed by atoms with Crippen LogP contribution < -0.4 is 16.1 Å². The second-order valence-corrected chi connectivity index (χ2v) is 12.1. The molecule has 0 radical (unpaired) electrons. The minimum atomic E-state index is -0.877. The molecule has 1 aromatic carbocycles. The highest BCUT2D eigenvalue weighted by atomic mass is 16.6. The number of carbonyl (C=O) groups excluding carboxylic acids is 4. The van der Waals surface area contributed by atoms with E-state index in [4.69, 9.17) is 4.74 Å². The molecular formula is C30H45N5O5. The fourth-order valence-corrected chi connectivity index (χ4v) is 5.22. The minimum Gasteiger partial charge on any atom is -0.444 e. The van der Waals surface area contributed by atoms with Gasteiger partial charge in [0.25, 0.3) is 5.91 Å². The van der Waals surface area contributed by atoms with Gasteiger partial charge in [-0.1, -0.05) is 38.6 Å². The summed E-state index contributed by atoms with van der Waals surface area (Å²) in [5.41, 5.74) is 5.81. The van der Waals surface area contributed by atoms with Gasteiger partial charge in [-0.2, -0.15) is 0 Å².